The Bertz CT molecular complexity index is 366. The number of hydrogen-bond acceptors (Lipinski definition) is 4. The third kappa shape index (κ3) is 3.95. The van der Waals surface area contributed by atoms with Crippen LogP contribution in [0.1, 0.15) is 70.6 Å². The number of nitrogens with one attached hydrogen (secondary N) is 1. The summed E-state index contributed by atoms with van der Waals surface area (Å²) >= 11 is 2.17. The fourth-order valence-corrected chi connectivity index (χ4v) is 5.84. The molecule has 0 aliphatic heterocycles. The first kappa shape index (κ1) is 15.7. The third-order valence-corrected chi connectivity index (χ3v) is 6.92. The zero-order valence-electron chi connectivity index (χ0n) is 13.2. The van der Waals surface area contributed by atoms with E-state index in [0.717, 1.165) is 24.5 Å². The molecule has 0 radical (unpaired) electrons. The summed E-state index contributed by atoms with van der Waals surface area (Å²) in [6.45, 7) is 0. The Morgan fingerprint density at radius 2 is 1.76 bits per heavy atom. The summed E-state index contributed by atoms with van der Waals surface area (Å²) in [4.78, 5) is 12.4. The molecule has 0 heterocycles. The predicted molar refractivity (Wildman–Crippen MR) is 87.6 cm³/mol. The summed E-state index contributed by atoms with van der Waals surface area (Å²) in [5, 5.41) is 5.10. The van der Waals surface area contributed by atoms with Crippen molar-refractivity contribution in [2.24, 2.45) is 0 Å². The fraction of sp³-hybridized carbons (Fsp3) is 0.941. The zero-order valence-corrected chi connectivity index (χ0v) is 14.1. The summed E-state index contributed by atoms with van der Waals surface area (Å²) in [7, 11) is 1.54. The van der Waals surface area contributed by atoms with Crippen LogP contribution in [0.3, 0.4) is 0 Å². The van der Waals surface area contributed by atoms with Gasteiger partial charge in [-0.05, 0) is 51.4 Å². The van der Waals surface area contributed by atoms with E-state index in [1.807, 2.05) is 0 Å². The molecule has 3 rings (SSSR count). The molecule has 3 aliphatic carbocycles. The van der Waals surface area contributed by atoms with Gasteiger partial charge >= 0.3 is 5.97 Å². The average molecular weight is 311 g/mol. The number of rotatable bonds is 5. The van der Waals surface area contributed by atoms with Gasteiger partial charge in [0, 0.05) is 16.5 Å². The lowest BCUT2D eigenvalue weighted by atomic mass is 9.81. The van der Waals surface area contributed by atoms with Gasteiger partial charge in [0.2, 0.25) is 0 Å². The molecule has 2 atom stereocenters. The second-order valence-corrected chi connectivity index (χ2v) is 8.71. The molecule has 0 amide bonds. The smallest absolute Gasteiger partial charge is 0.326 e. The number of carbonyl (C=O) groups excluding carboxylic acids is 1. The standard InChI is InChI=1S/C17H29NO2S/c1-20-16(19)17(18-13-9-10-13)11-5-8-15(12-17)21-14-6-3-2-4-7-14/h13-15,18H,2-12H2,1H3. The van der Waals surface area contributed by atoms with Crippen LogP contribution < -0.4 is 5.32 Å². The molecule has 2 unspecified atom stereocenters. The highest BCUT2D eigenvalue weighted by Crippen LogP contribution is 2.42. The van der Waals surface area contributed by atoms with Crippen molar-refractivity contribution in [3.05, 3.63) is 0 Å². The maximum absolute atomic E-state index is 12.4. The molecule has 3 saturated carbocycles. The molecule has 3 aliphatic rings. The Hall–Kier alpha value is -0.220. The summed E-state index contributed by atoms with van der Waals surface area (Å²) in [5.41, 5.74) is -0.388. The van der Waals surface area contributed by atoms with Gasteiger partial charge in [-0.1, -0.05) is 19.3 Å². The van der Waals surface area contributed by atoms with Crippen molar-refractivity contribution in [1.82, 2.24) is 5.32 Å². The third-order valence-electron chi connectivity index (χ3n) is 5.28. The van der Waals surface area contributed by atoms with E-state index >= 15 is 0 Å². The predicted octanol–water partition coefficient (Wildman–Crippen LogP) is 3.66. The summed E-state index contributed by atoms with van der Waals surface area (Å²) in [5.74, 6) is -0.0247. The van der Waals surface area contributed by atoms with E-state index < -0.39 is 0 Å². The van der Waals surface area contributed by atoms with E-state index in [0.29, 0.717) is 11.3 Å². The Labute approximate surface area is 133 Å². The quantitative estimate of drug-likeness (QED) is 0.786. The number of thioether (sulfide) groups is 1. The molecule has 0 aromatic carbocycles. The van der Waals surface area contributed by atoms with E-state index in [9.17, 15) is 4.79 Å². The Morgan fingerprint density at radius 3 is 2.43 bits per heavy atom. The van der Waals surface area contributed by atoms with Gasteiger partial charge in [0.25, 0.3) is 0 Å². The Kier molecular flexibility index (Phi) is 5.15. The molecule has 3 fully saturated rings. The molecular formula is C17H29NO2S. The maximum Gasteiger partial charge on any atom is 0.326 e. The van der Waals surface area contributed by atoms with Crippen LogP contribution in [0.5, 0.6) is 0 Å². The van der Waals surface area contributed by atoms with Gasteiger partial charge < -0.3 is 4.74 Å². The molecule has 4 heteroatoms. The molecule has 0 aromatic rings. The monoisotopic (exact) mass is 311 g/mol. The Morgan fingerprint density at radius 1 is 1.05 bits per heavy atom. The van der Waals surface area contributed by atoms with Crippen LogP contribution in [0.2, 0.25) is 0 Å². The van der Waals surface area contributed by atoms with Crippen molar-refractivity contribution in [3.63, 3.8) is 0 Å². The molecule has 120 valence electrons. The first-order chi connectivity index (χ1) is 10.2. The molecule has 0 saturated heterocycles. The van der Waals surface area contributed by atoms with Crippen molar-refractivity contribution < 1.29 is 9.53 Å². The van der Waals surface area contributed by atoms with Crippen LogP contribution in [0.15, 0.2) is 0 Å². The molecule has 0 aromatic heterocycles. The van der Waals surface area contributed by atoms with Crippen molar-refractivity contribution >= 4 is 17.7 Å². The lowest BCUT2D eigenvalue weighted by Crippen LogP contribution is -2.57. The van der Waals surface area contributed by atoms with Crippen LogP contribution >= 0.6 is 11.8 Å². The number of carbonyl (C=O) groups is 1. The molecule has 0 spiro atoms. The molecule has 1 N–H and O–H groups in total. The topological polar surface area (TPSA) is 38.3 Å². The van der Waals surface area contributed by atoms with E-state index in [1.54, 1.807) is 0 Å². The highest BCUT2D eigenvalue weighted by Gasteiger charge is 2.47. The second-order valence-electron chi connectivity index (χ2n) is 7.11. The van der Waals surface area contributed by atoms with E-state index in [4.69, 9.17) is 4.74 Å². The lowest BCUT2D eigenvalue weighted by Gasteiger charge is -2.40. The van der Waals surface area contributed by atoms with Gasteiger partial charge in [0.1, 0.15) is 5.54 Å². The van der Waals surface area contributed by atoms with Crippen LogP contribution in [-0.4, -0.2) is 35.2 Å². The van der Waals surface area contributed by atoms with Gasteiger partial charge in [-0.3, -0.25) is 10.1 Å². The Balaban J connectivity index is 1.62. The number of esters is 1. The van der Waals surface area contributed by atoms with Crippen LogP contribution in [-0.2, 0) is 9.53 Å². The number of methoxy groups -OCH3 is 1. The fourth-order valence-electron chi connectivity index (χ4n) is 4.00. The first-order valence-electron chi connectivity index (χ1n) is 8.73. The van der Waals surface area contributed by atoms with Gasteiger partial charge in [0.15, 0.2) is 0 Å². The number of ether oxygens (including phenoxy) is 1. The largest absolute Gasteiger partial charge is 0.468 e. The molecular weight excluding hydrogens is 282 g/mol. The van der Waals surface area contributed by atoms with Crippen molar-refractivity contribution in [1.29, 1.82) is 0 Å². The van der Waals surface area contributed by atoms with E-state index in [2.05, 4.69) is 17.1 Å². The van der Waals surface area contributed by atoms with Crippen LogP contribution in [0.25, 0.3) is 0 Å². The molecule has 3 nitrogen and oxygen atoms in total. The van der Waals surface area contributed by atoms with Crippen LogP contribution in [0.4, 0.5) is 0 Å². The minimum absolute atomic E-state index is 0.0247. The minimum Gasteiger partial charge on any atom is -0.468 e. The average Bonchev–Trinajstić information content (AvgIpc) is 3.31. The van der Waals surface area contributed by atoms with Crippen molar-refractivity contribution in [2.75, 3.05) is 7.11 Å². The lowest BCUT2D eigenvalue weighted by molar-refractivity contribution is -0.150. The van der Waals surface area contributed by atoms with Crippen molar-refractivity contribution in [2.45, 2.75) is 92.7 Å². The SMILES string of the molecule is COC(=O)C1(NC2CC2)CCCC(SC2CCCCC2)C1. The molecule has 0 bridgehead atoms. The first-order valence-corrected chi connectivity index (χ1v) is 9.68. The van der Waals surface area contributed by atoms with E-state index in [-0.39, 0.29) is 11.5 Å². The van der Waals surface area contributed by atoms with Crippen molar-refractivity contribution in [3.8, 4) is 0 Å². The summed E-state index contributed by atoms with van der Waals surface area (Å²) < 4.78 is 5.15. The number of hydrogen-bond donors (Lipinski definition) is 1. The van der Waals surface area contributed by atoms with Gasteiger partial charge in [-0.2, -0.15) is 11.8 Å². The normalized spacial score (nSPS) is 34.6. The zero-order chi connectivity index (χ0) is 14.7. The van der Waals surface area contributed by atoms with Gasteiger partial charge in [-0.15, -0.1) is 0 Å². The molecule has 21 heavy (non-hydrogen) atoms. The van der Waals surface area contributed by atoms with Gasteiger partial charge in [-0.25, -0.2) is 0 Å². The van der Waals surface area contributed by atoms with Gasteiger partial charge in [0.05, 0.1) is 7.11 Å². The highest BCUT2D eigenvalue weighted by molar-refractivity contribution is 8.00. The summed E-state index contributed by atoms with van der Waals surface area (Å²) in [6.07, 6.45) is 13.8. The highest BCUT2D eigenvalue weighted by atomic mass is 32.2. The maximum atomic E-state index is 12.4. The second kappa shape index (κ2) is 6.91. The minimum atomic E-state index is -0.388. The van der Waals surface area contributed by atoms with Crippen LogP contribution in [0, 0.1) is 0 Å². The van der Waals surface area contributed by atoms with E-state index in [1.165, 1.54) is 58.5 Å². The summed E-state index contributed by atoms with van der Waals surface area (Å²) in [6, 6.07) is 0.558.